The second-order valence-corrected chi connectivity index (χ2v) is 20.2. The summed E-state index contributed by atoms with van der Waals surface area (Å²) in [5.41, 5.74) is 9.27. The molecule has 352 valence electrons. The molecule has 17 heteroatoms. The molecule has 4 aliphatic heterocycles. The number of hydrogen-bond acceptors (Lipinski definition) is 11. The number of esters is 1. The van der Waals surface area contributed by atoms with Gasteiger partial charge in [0.2, 0.25) is 11.8 Å². The number of carbonyl (C=O) groups excluding carboxylic acids is 5. The van der Waals surface area contributed by atoms with Gasteiger partial charge in [-0.1, -0.05) is 40.3 Å². The SMILES string of the molecule is C=CC(=O)N1C[C@H]2CN(C(=O)N(C)C(C(=O)N[C@H]3Cc4nc(cs4)-c4ccc5c(c4)c(c(-c4cccnc4[C@H](C)OC)n5CC)CC(C)(C)COC(=O)[C@@H]4CCCN(N4)C3=O)C(C)C)[C@H]2C1. The van der Waals surface area contributed by atoms with Crippen LogP contribution in [0.25, 0.3) is 33.4 Å². The lowest BCUT2D eigenvalue weighted by Gasteiger charge is -2.46. The van der Waals surface area contributed by atoms with Gasteiger partial charge in [-0.15, -0.1) is 11.3 Å². The fourth-order valence-electron chi connectivity index (χ4n) is 10.2. The molecule has 0 saturated carbocycles. The van der Waals surface area contributed by atoms with Gasteiger partial charge >= 0.3 is 12.0 Å². The van der Waals surface area contributed by atoms with E-state index in [0.717, 1.165) is 44.7 Å². The maximum Gasteiger partial charge on any atom is 0.324 e. The normalized spacial score (nSPS) is 22.8. The second kappa shape index (κ2) is 18.9. The molecule has 5 amide bonds. The highest BCUT2D eigenvalue weighted by molar-refractivity contribution is 7.10. The number of carbonyl (C=O) groups is 5. The molecule has 3 saturated heterocycles. The molecule has 3 aromatic heterocycles. The Kier molecular flexibility index (Phi) is 13.4. The van der Waals surface area contributed by atoms with Crippen LogP contribution >= 0.6 is 11.3 Å². The van der Waals surface area contributed by atoms with Crippen molar-refractivity contribution in [3.05, 3.63) is 70.8 Å². The minimum absolute atomic E-state index is 0.0770. The van der Waals surface area contributed by atoms with Crippen molar-refractivity contribution in [1.29, 1.82) is 0 Å². The zero-order chi connectivity index (χ0) is 47.2. The second-order valence-electron chi connectivity index (χ2n) is 19.3. The Morgan fingerprint density at radius 1 is 1.15 bits per heavy atom. The van der Waals surface area contributed by atoms with Crippen LogP contribution in [0, 0.1) is 17.3 Å². The Labute approximate surface area is 390 Å². The van der Waals surface area contributed by atoms with Crippen LogP contribution in [0.15, 0.2) is 54.6 Å². The van der Waals surface area contributed by atoms with Crippen molar-refractivity contribution in [3.8, 4) is 22.5 Å². The number of nitrogens with one attached hydrogen (secondary N) is 2. The van der Waals surface area contributed by atoms with Crippen LogP contribution in [0.4, 0.5) is 4.79 Å². The molecular weight excluding hydrogens is 859 g/mol. The van der Waals surface area contributed by atoms with Gasteiger partial charge in [0.15, 0.2) is 0 Å². The fourth-order valence-corrected chi connectivity index (χ4v) is 11.1. The van der Waals surface area contributed by atoms with Gasteiger partial charge in [-0.05, 0) is 74.9 Å². The van der Waals surface area contributed by atoms with E-state index in [0.29, 0.717) is 57.0 Å². The van der Waals surface area contributed by atoms with Crippen LogP contribution in [0.5, 0.6) is 0 Å². The molecule has 8 rings (SSSR count). The van der Waals surface area contributed by atoms with Crippen molar-refractivity contribution in [2.75, 3.05) is 46.9 Å². The molecule has 16 nitrogen and oxygen atoms in total. The topological polar surface area (TPSA) is 172 Å². The van der Waals surface area contributed by atoms with Crippen LogP contribution < -0.4 is 10.7 Å². The lowest BCUT2D eigenvalue weighted by Crippen LogP contribution is -2.65. The first-order valence-corrected chi connectivity index (χ1v) is 24.0. The lowest BCUT2D eigenvalue weighted by molar-refractivity contribution is -0.155. The molecular formula is C49H63N9O7S. The van der Waals surface area contributed by atoms with E-state index in [1.165, 1.54) is 27.3 Å². The van der Waals surface area contributed by atoms with E-state index in [1.54, 1.807) is 30.2 Å². The van der Waals surface area contributed by atoms with E-state index >= 15 is 0 Å². The number of likely N-dealkylation sites (tertiary alicyclic amines) is 2. The smallest absolute Gasteiger partial charge is 0.324 e. The standard InChI is InChI=1S/C49H63N9O7S/c1-10-41(59)55-23-31-24-57(39(31)25-55)48(63)54(8)43(28(3)4)45(60)52-36-21-40-51-37(26-66-40)30-16-17-38-33(20-30)34(44(56(38)11-2)32-14-12-18-50-42(32)29(5)64-9)22-49(6,7)27-65-47(62)35-15-13-19-58(53-35)46(36)61/h10,12,14,16-18,20,26,28-29,31,35-36,39,43,53H,1,11,13,15,19,21-25,27H2,2-9H3,(H,52,60)/t29-,31-,35-,36-,39-,43?/m0/s1. The third-order valence-electron chi connectivity index (χ3n) is 13.7. The number of cyclic esters (lactones) is 1. The number of nitrogens with zero attached hydrogens (tertiary/aromatic N) is 7. The molecule has 2 N–H and O–H groups in total. The zero-order valence-electron chi connectivity index (χ0n) is 39.3. The summed E-state index contributed by atoms with van der Waals surface area (Å²) in [4.78, 5) is 84.2. The van der Waals surface area contributed by atoms with Gasteiger partial charge < -0.3 is 34.1 Å². The minimum Gasteiger partial charge on any atom is -0.464 e. The van der Waals surface area contributed by atoms with Gasteiger partial charge in [0, 0.05) is 98.2 Å². The highest BCUT2D eigenvalue weighted by atomic mass is 32.1. The number of amides is 5. The number of urea groups is 1. The van der Waals surface area contributed by atoms with Crippen LogP contribution in [0.3, 0.4) is 0 Å². The van der Waals surface area contributed by atoms with Crippen LogP contribution in [-0.2, 0) is 48.0 Å². The monoisotopic (exact) mass is 921 g/mol. The lowest BCUT2D eigenvalue weighted by atomic mass is 9.84. The average Bonchev–Trinajstić information content (AvgIpc) is 4.00. The van der Waals surface area contributed by atoms with Crippen molar-refractivity contribution in [2.45, 2.75) is 104 Å². The molecule has 1 aromatic carbocycles. The zero-order valence-corrected chi connectivity index (χ0v) is 40.2. The largest absolute Gasteiger partial charge is 0.464 e. The first-order valence-electron chi connectivity index (χ1n) is 23.1. The Hall–Kier alpha value is -5.65. The van der Waals surface area contributed by atoms with Crippen molar-refractivity contribution in [2.24, 2.45) is 17.3 Å². The van der Waals surface area contributed by atoms with Gasteiger partial charge in [-0.2, -0.15) is 0 Å². The van der Waals surface area contributed by atoms with Gasteiger partial charge in [0.1, 0.15) is 18.1 Å². The number of thiazole rings is 1. The number of pyridine rings is 1. The predicted molar refractivity (Wildman–Crippen MR) is 252 cm³/mol. The number of benzene rings is 1. The molecule has 1 unspecified atom stereocenters. The van der Waals surface area contributed by atoms with Crippen molar-refractivity contribution < 1.29 is 33.4 Å². The average molecular weight is 922 g/mol. The highest BCUT2D eigenvalue weighted by Gasteiger charge is 2.50. The molecule has 66 heavy (non-hydrogen) atoms. The molecule has 4 aliphatic rings. The maximum atomic E-state index is 14.6. The number of likely N-dealkylation sites (N-methyl/N-ethyl adjacent to an activating group) is 1. The molecule has 0 aliphatic carbocycles. The van der Waals surface area contributed by atoms with E-state index in [9.17, 15) is 24.0 Å². The molecule has 6 atom stereocenters. The minimum atomic E-state index is -1.08. The van der Waals surface area contributed by atoms with Gasteiger partial charge in [-0.25, -0.2) is 15.2 Å². The van der Waals surface area contributed by atoms with Crippen molar-refractivity contribution >= 4 is 52.0 Å². The number of fused-ring (bicyclic) bond motifs is 7. The third kappa shape index (κ3) is 8.96. The Morgan fingerprint density at radius 3 is 2.67 bits per heavy atom. The molecule has 0 radical (unpaired) electrons. The predicted octanol–water partition coefficient (Wildman–Crippen LogP) is 5.61. The first-order chi connectivity index (χ1) is 31.5. The number of rotatable bonds is 9. The van der Waals surface area contributed by atoms with E-state index < -0.39 is 41.3 Å². The first kappa shape index (κ1) is 46.9. The van der Waals surface area contributed by atoms with Gasteiger partial charge in [-0.3, -0.25) is 29.2 Å². The van der Waals surface area contributed by atoms with Crippen LogP contribution in [0.2, 0.25) is 0 Å². The van der Waals surface area contributed by atoms with Crippen LogP contribution in [-0.4, -0.2) is 135 Å². The summed E-state index contributed by atoms with van der Waals surface area (Å²) in [7, 11) is 3.29. The quantitative estimate of drug-likeness (QED) is 0.159. The number of aromatic nitrogens is 3. The summed E-state index contributed by atoms with van der Waals surface area (Å²) in [6.45, 7) is 18.2. The number of ether oxygens (including phenoxy) is 2. The maximum absolute atomic E-state index is 14.6. The van der Waals surface area contributed by atoms with Gasteiger partial charge in [0.25, 0.3) is 5.91 Å². The van der Waals surface area contributed by atoms with E-state index in [-0.39, 0.29) is 48.9 Å². The number of aryl methyl sites for hydroxylation is 1. The Balaban J connectivity index is 1.14. The summed E-state index contributed by atoms with van der Waals surface area (Å²) >= 11 is 1.41. The number of hydrazine groups is 1. The number of hydrogen-bond donors (Lipinski definition) is 2. The van der Waals surface area contributed by atoms with E-state index in [1.807, 2.05) is 32.2 Å². The Morgan fingerprint density at radius 2 is 1.94 bits per heavy atom. The summed E-state index contributed by atoms with van der Waals surface area (Å²) in [5.74, 6) is -1.67. The molecule has 3 fully saturated rings. The highest BCUT2D eigenvalue weighted by Crippen LogP contribution is 2.42. The molecule has 0 spiro atoms. The summed E-state index contributed by atoms with van der Waals surface area (Å²) in [5, 5.41) is 8.12. The van der Waals surface area contributed by atoms with E-state index in [2.05, 4.69) is 66.9 Å². The molecule has 4 aromatic rings. The van der Waals surface area contributed by atoms with Gasteiger partial charge in [0.05, 0.1) is 40.8 Å². The summed E-state index contributed by atoms with van der Waals surface area (Å²) < 4.78 is 14.2. The van der Waals surface area contributed by atoms with Crippen molar-refractivity contribution in [3.63, 3.8) is 0 Å². The molecule has 6 bridgehead atoms. The molecule has 7 heterocycles. The number of methoxy groups -OCH3 is 1. The van der Waals surface area contributed by atoms with E-state index in [4.69, 9.17) is 19.4 Å². The Bertz CT molecular complexity index is 2530. The fraction of sp³-hybridized carbons (Fsp3) is 0.531. The third-order valence-corrected chi connectivity index (χ3v) is 14.6. The summed E-state index contributed by atoms with van der Waals surface area (Å²) in [6.07, 6.45) is 4.48. The van der Waals surface area contributed by atoms with Crippen molar-refractivity contribution in [1.82, 2.24) is 45.0 Å². The van der Waals surface area contributed by atoms with Crippen LogP contribution in [0.1, 0.15) is 76.8 Å². The summed E-state index contributed by atoms with van der Waals surface area (Å²) in [6, 6.07) is 7.17.